The predicted molar refractivity (Wildman–Crippen MR) is 111 cm³/mol. The summed E-state index contributed by atoms with van der Waals surface area (Å²) in [6.07, 6.45) is 9.30. The molecular weight excluding hydrogens is 399 g/mol. The van der Waals surface area contributed by atoms with Crippen LogP contribution in [0.2, 0.25) is 0 Å². The number of unbranched alkanes of at least 4 members (excludes halogenated alkanes) is 3. The van der Waals surface area contributed by atoms with Crippen LogP contribution in [0.4, 0.5) is 0 Å². The van der Waals surface area contributed by atoms with Crippen LogP contribution in [0.3, 0.4) is 0 Å². The highest BCUT2D eigenvalue weighted by molar-refractivity contribution is 14.0. The fourth-order valence-corrected chi connectivity index (χ4v) is 2.31. The van der Waals surface area contributed by atoms with Gasteiger partial charge in [0.05, 0.1) is 0 Å². The molecule has 1 rings (SSSR count). The van der Waals surface area contributed by atoms with E-state index in [9.17, 15) is 0 Å². The molecule has 1 heterocycles. The topological polar surface area (TPSA) is 49.3 Å². The molecule has 0 radical (unpaired) electrons. The van der Waals surface area contributed by atoms with Gasteiger partial charge >= 0.3 is 0 Å². The molecular formula is C18H33IN4. The van der Waals surface area contributed by atoms with E-state index in [1.165, 1.54) is 32.1 Å². The second-order valence-corrected chi connectivity index (χ2v) is 6.09. The van der Waals surface area contributed by atoms with Crippen LogP contribution in [0, 0.1) is 5.92 Å². The monoisotopic (exact) mass is 432 g/mol. The molecule has 0 aliphatic heterocycles. The van der Waals surface area contributed by atoms with Gasteiger partial charge in [0.1, 0.15) is 0 Å². The Labute approximate surface area is 159 Å². The summed E-state index contributed by atoms with van der Waals surface area (Å²) in [6, 6.07) is 6.02. The molecule has 0 unspecified atom stereocenters. The number of rotatable bonds is 10. The van der Waals surface area contributed by atoms with Gasteiger partial charge in [0.15, 0.2) is 5.96 Å². The van der Waals surface area contributed by atoms with Gasteiger partial charge in [-0.1, -0.05) is 45.6 Å². The fraction of sp³-hybridized carbons (Fsp3) is 0.667. The minimum atomic E-state index is 0. The van der Waals surface area contributed by atoms with Crippen LogP contribution in [0.15, 0.2) is 29.4 Å². The molecule has 1 aromatic rings. The van der Waals surface area contributed by atoms with E-state index in [4.69, 9.17) is 0 Å². The number of pyridine rings is 1. The minimum absolute atomic E-state index is 0. The number of guanidine groups is 1. The first-order valence-corrected chi connectivity index (χ1v) is 8.56. The van der Waals surface area contributed by atoms with E-state index < -0.39 is 0 Å². The number of hydrogen-bond donors (Lipinski definition) is 2. The molecule has 2 N–H and O–H groups in total. The highest BCUT2D eigenvalue weighted by Crippen LogP contribution is 2.08. The number of nitrogens with one attached hydrogen (secondary N) is 2. The molecule has 0 saturated carbocycles. The molecule has 0 amide bonds. The average molecular weight is 432 g/mol. The van der Waals surface area contributed by atoms with Crippen molar-refractivity contribution in [1.29, 1.82) is 0 Å². The van der Waals surface area contributed by atoms with Crippen molar-refractivity contribution in [1.82, 2.24) is 15.6 Å². The van der Waals surface area contributed by atoms with Gasteiger partial charge in [-0.25, -0.2) is 0 Å². The Kier molecular flexibility index (Phi) is 14.2. The molecule has 0 aliphatic rings. The number of nitrogens with zero attached hydrogens (tertiary/aromatic N) is 2. The van der Waals surface area contributed by atoms with Crippen LogP contribution in [0.1, 0.15) is 51.6 Å². The average Bonchev–Trinajstić information content (AvgIpc) is 2.53. The van der Waals surface area contributed by atoms with E-state index in [1.54, 1.807) is 0 Å². The van der Waals surface area contributed by atoms with Crippen LogP contribution < -0.4 is 10.6 Å². The standard InChI is InChI=1S/C18H32N4.HI/c1-16(2)10-6-4-5-8-14-21-18(19-3)22-15-12-17-11-7-9-13-20-17;/h7,9,11,13,16H,4-6,8,10,12,14-15H2,1-3H3,(H2,19,21,22);1H. The van der Waals surface area contributed by atoms with Crippen molar-refractivity contribution >= 4 is 29.9 Å². The quantitative estimate of drug-likeness (QED) is 0.254. The summed E-state index contributed by atoms with van der Waals surface area (Å²) in [5.41, 5.74) is 1.11. The maximum absolute atomic E-state index is 4.32. The Morgan fingerprint density at radius 2 is 1.83 bits per heavy atom. The SMILES string of the molecule is CN=C(NCCCCCCC(C)C)NCCc1ccccn1.I. The molecule has 0 saturated heterocycles. The van der Waals surface area contributed by atoms with E-state index in [0.717, 1.165) is 37.1 Å². The van der Waals surface area contributed by atoms with E-state index in [2.05, 4.69) is 40.5 Å². The van der Waals surface area contributed by atoms with Crippen molar-refractivity contribution in [3.05, 3.63) is 30.1 Å². The zero-order valence-corrected chi connectivity index (χ0v) is 17.2. The number of aliphatic imine (C=N–C) groups is 1. The van der Waals surface area contributed by atoms with Gasteiger partial charge in [-0.3, -0.25) is 9.98 Å². The molecule has 132 valence electrons. The molecule has 5 heteroatoms. The van der Waals surface area contributed by atoms with Crippen LogP contribution >= 0.6 is 24.0 Å². The largest absolute Gasteiger partial charge is 0.356 e. The zero-order valence-electron chi connectivity index (χ0n) is 14.8. The smallest absolute Gasteiger partial charge is 0.190 e. The van der Waals surface area contributed by atoms with Crippen molar-refractivity contribution in [2.45, 2.75) is 52.4 Å². The number of aromatic nitrogens is 1. The van der Waals surface area contributed by atoms with Gasteiger partial charge in [-0.15, -0.1) is 24.0 Å². The first-order chi connectivity index (χ1) is 10.7. The lowest BCUT2D eigenvalue weighted by molar-refractivity contribution is 0.518. The second kappa shape index (κ2) is 14.7. The Morgan fingerprint density at radius 1 is 1.09 bits per heavy atom. The normalized spacial score (nSPS) is 11.2. The molecule has 0 atom stereocenters. The Balaban J connectivity index is 0.00000484. The summed E-state index contributed by atoms with van der Waals surface area (Å²) in [5.74, 6) is 1.72. The zero-order chi connectivity index (χ0) is 16.0. The predicted octanol–water partition coefficient (Wildman–Crippen LogP) is 4.01. The van der Waals surface area contributed by atoms with Crippen LogP contribution in [0.5, 0.6) is 0 Å². The maximum Gasteiger partial charge on any atom is 0.190 e. The fourth-order valence-electron chi connectivity index (χ4n) is 2.31. The van der Waals surface area contributed by atoms with Crippen molar-refractivity contribution in [2.24, 2.45) is 10.9 Å². The molecule has 0 aliphatic carbocycles. The van der Waals surface area contributed by atoms with E-state index >= 15 is 0 Å². The minimum Gasteiger partial charge on any atom is -0.356 e. The van der Waals surface area contributed by atoms with Gasteiger partial charge in [0.2, 0.25) is 0 Å². The summed E-state index contributed by atoms with van der Waals surface area (Å²) in [7, 11) is 1.82. The highest BCUT2D eigenvalue weighted by Gasteiger charge is 1.98. The van der Waals surface area contributed by atoms with Crippen LogP contribution in [0.25, 0.3) is 0 Å². The number of hydrogen-bond acceptors (Lipinski definition) is 2. The van der Waals surface area contributed by atoms with Crippen molar-refractivity contribution in [2.75, 3.05) is 20.1 Å². The third-order valence-electron chi connectivity index (χ3n) is 3.62. The first kappa shape index (κ1) is 22.1. The van der Waals surface area contributed by atoms with E-state index in [0.29, 0.717) is 0 Å². The summed E-state index contributed by atoms with van der Waals surface area (Å²) in [4.78, 5) is 8.57. The first-order valence-electron chi connectivity index (χ1n) is 8.56. The maximum atomic E-state index is 4.32. The molecule has 0 fully saturated rings. The summed E-state index contributed by atoms with van der Waals surface area (Å²) in [5, 5.41) is 6.71. The van der Waals surface area contributed by atoms with Gasteiger partial charge < -0.3 is 10.6 Å². The summed E-state index contributed by atoms with van der Waals surface area (Å²) < 4.78 is 0. The Bertz CT molecular complexity index is 407. The van der Waals surface area contributed by atoms with Gasteiger partial charge in [0, 0.05) is 38.4 Å². The lowest BCUT2D eigenvalue weighted by atomic mass is 10.0. The molecule has 4 nitrogen and oxygen atoms in total. The molecule has 0 bridgehead atoms. The van der Waals surface area contributed by atoms with Crippen LogP contribution in [-0.4, -0.2) is 31.1 Å². The number of halogens is 1. The molecule has 23 heavy (non-hydrogen) atoms. The molecule has 0 aromatic carbocycles. The molecule has 0 spiro atoms. The summed E-state index contributed by atoms with van der Waals surface area (Å²) >= 11 is 0. The second-order valence-electron chi connectivity index (χ2n) is 6.09. The van der Waals surface area contributed by atoms with Crippen molar-refractivity contribution in [3.63, 3.8) is 0 Å². The highest BCUT2D eigenvalue weighted by atomic mass is 127. The lowest BCUT2D eigenvalue weighted by Gasteiger charge is -2.11. The Morgan fingerprint density at radius 3 is 2.48 bits per heavy atom. The van der Waals surface area contributed by atoms with Crippen molar-refractivity contribution in [3.8, 4) is 0 Å². The summed E-state index contributed by atoms with van der Waals surface area (Å²) in [6.45, 7) is 6.43. The lowest BCUT2D eigenvalue weighted by Crippen LogP contribution is -2.38. The molecule has 1 aromatic heterocycles. The van der Waals surface area contributed by atoms with Gasteiger partial charge in [-0.2, -0.15) is 0 Å². The van der Waals surface area contributed by atoms with E-state index in [1.807, 2.05) is 25.4 Å². The van der Waals surface area contributed by atoms with Gasteiger partial charge in [0.25, 0.3) is 0 Å². The van der Waals surface area contributed by atoms with Gasteiger partial charge in [-0.05, 0) is 24.5 Å². The Hall–Kier alpha value is -0.850. The van der Waals surface area contributed by atoms with E-state index in [-0.39, 0.29) is 24.0 Å². The van der Waals surface area contributed by atoms with Crippen molar-refractivity contribution < 1.29 is 0 Å². The van der Waals surface area contributed by atoms with Crippen LogP contribution in [-0.2, 0) is 6.42 Å². The third kappa shape index (κ3) is 12.3. The third-order valence-corrected chi connectivity index (χ3v) is 3.62.